The van der Waals surface area contributed by atoms with E-state index in [2.05, 4.69) is 25.7 Å². The Bertz CT molecular complexity index is 336. The first-order valence-corrected chi connectivity index (χ1v) is 7.95. The van der Waals surface area contributed by atoms with E-state index >= 15 is 0 Å². The average molecular weight is 269 g/mol. The molecule has 19 heavy (non-hydrogen) atoms. The summed E-state index contributed by atoms with van der Waals surface area (Å²) < 4.78 is 20.0. The molecule has 2 aliphatic heterocycles. The molecule has 0 radical (unpaired) electrons. The van der Waals surface area contributed by atoms with E-state index in [0.29, 0.717) is 18.7 Å². The highest BCUT2D eigenvalue weighted by molar-refractivity contribution is 5.12. The number of alkyl halides is 1. The summed E-state index contributed by atoms with van der Waals surface area (Å²) in [5, 5.41) is 0. The van der Waals surface area contributed by atoms with Gasteiger partial charge in [-0.05, 0) is 43.9 Å². The van der Waals surface area contributed by atoms with Crippen molar-refractivity contribution in [2.45, 2.75) is 83.2 Å². The van der Waals surface area contributed by atoms with Gasteiger partial charge in [0.2, 0.25) is 0 Å². The van der Waals surface area contributed by atoms with Crippen molar-refractivity contribution in [1.29, 1.82) is 0 Å². The molecular weight excluding hydrogens is 241 g/mol. The number of fused-ring (bicyclic) bond motifs is 1. The second kappa shape index (κ2) is 4.70. The zero-order valence-corrected chi connectivity index (χ0v) is 12.6. The molecule has 0 spiro atoms. The summed E-state index contributed by atoms with van der Waals surface area (Å²) in [7, 11) is 0. The Balaban J connectivity index is 1.68. The Labute approximate surface area is 116 Å². The van der Waals surface area contributed by atoms with Crippen molar-refractivity contribution in [1.82, 2.24) is 4.90 Å². The number of rotatable bonds is 3. The number of hydrogen-bond donors (Lipinski definition) is 0. The summed E-state index contributed by atoms with van der Waals surface area (Å²) in [6, 6.07) is 0.445. The van der Waals surface area contributed by atoms with Crippen LogP contribution in [-0.4, -0.2) is 41.9 Å². The first-order chi connectivity index (χ1) is 8.92. The summed E-state index contributed by atoms with van der Waals surface area (Å²) in [4.78, 5) is 2.45. The molecular formula is C16H28FNO. The molecule has 2 saturated heterocycles. The molecule has 1 saturated carbocycles. The van der Waals surface area contributed by atoms with Crippen molar-refractivity contribution in [2.75, 3.05) is 13.2 Å². The normalized spacial score (nSPS) is 40.4. The van der Waals surface area contributed by atoms with Gasteiger partial charge in [-0.15, -0.1) is 0 Å². The first-order valence-electron chi connectivity index (χ1n) is 7.95. The van der Waals surface area contributed by atoms with Crippen molar-refractivity contribution in [3.05, 3.63) is 0 Å². The number of halogens is 1. The predicted octanol–water partition coefficient (Wildman–Crippen LogP) is 3.55. The summed E-state index contributed by atoms with van der Waals surface area (Å²) >= 11 is 0. The largest absolute Gasteiger partial charge is 0.377 e. The molecule has 0 N–H and O–H groups in total. The molecule has 2 nitrogen and oxygen atoms in total. The van der Waals surface area contributed by atoms with Crippen molar-refractivity contribution >= 4 is 0 Å². The van der Waals surface area contributed by atoms with Gasteiger partial charge < -0.3 is 4.74 Å². The van der Waals surface area contributed by atoms with Gasteiger partial charge in [-0.3, -0.25) is 4.90 Å². The van der Waals surface area contributed by atoms with Crippen LogP contribution in [0, 0.1) is 5.41 Å². The quantitative estimate of drug-likeness (QED) is 0.777. The van der Waals surface area contributed by atoms with E-state index in [4.69, 9.17) is 4.74 Å². The fraction of sp³-hybridized carbons (Fsp3) is 1.00. The second-order valence-corrected chi connectivity index (χ2v) is 7.81. The van der Waals surface area contributed by atoms with E-state index in [1.165, 1.54) is 25.7 Å². The van der Waals surface area contributed by atoms with E-state index in [9.17, 15) is 4.39 Å². The molecule has 3 unspecified atom stereocenters. The molecule has 3 aliphatic rings. The lowest BCUT2D eigenvalue weighted by atomic mass is 9.71. The third-order valence-electron chi connectivity index (χ3n) is 5.81. The van der Waals surface area contributed by atoms with Gasteiger partial charge in [0.25, 0.3) is 0 Å². The van der Waals surface area contributed by atoms with E-state index in [1.54, 1.807) is 0 Å². The number of nitrogens with zero attached hydrogens (tertiary/aromatic N) is 1. The SMILES string of the molecule is CC(C)(C)C12CCC(COC3CCC3)N1CC(F)C2. The summed E-state index contributed by atoms with van der Waals surface area (Å²) in [5.41, 5.74) is 0.221. The maximum atomic E-state index is 14.0. The Morgan fingerprint density at radius 3 is 2.58 bits per heavy atom. The Hall–Kier alpha value is -0.150. The summed E-state index contributed by atoms with van der Waals surface area (Å²) in [5.74, 6) is 0. The number of hydrogen-bond acceptors (Lipinski definition) is 2. The van der Waals surface area contributed by atoms with E-state index in [-0.39, 0.29) is 11.0 Å². The Morgan fingerprint density at radius 2 is 2.00 bits per heavy atom. The molecule has 3 heteroatoms. The van der Waals surface area contributed by atoms with Crippen molar-refractivity contribution in [3.8, 4) is 0 Å². The highest BCUT2D eigenvalue weighted by atomic mass is 19.1. The van der Waals surface area contributed by atoms with Crippen molar-refractivity contribution < 1.29 is 9.13 Å². The fourth-order valence-electron chi connectivity index (χ4n) is 4.31. The Morgan fingerprint density at radius 1 is 1.26 bits per heavy atom. The lowest BCUT2D eigenvalue weighted by Gasteiger charge is -2.45. The van der Waals surface area contributed by atoms with Crippen LogP contribution in [0.1, 0.15) is 59.3 Å². The lowest BCUT2D eigenvalue weighted by molar-refractivity contribution is -0.0398. The van der Waals surface area contributed by atoms with Crippen LogP contribution in [0.3, 0.4) is 0 Å². The molecule has 2 heterocycles. The third kappa shape index (κ3) is 2.23. The van der Waals surface area contributed by atoms with E-state index in [1.807, 2.05) is 0 Å². The first kappa shape index (κ1) is 13.8. The topological polar surface area (TPSA) is 12.5 Å². The van der Waals surface area contributed by atoms with Gasteiger partial charge in [-0.2, -0.15) is 0 Å². The highest BCUT2D eigenvalue weighted by Crippen LogP contribution is 2.53. The van der Waals surface area contributed by atoms with Gasteiger partial charge in [0, 0.05) is 18.1 Å². The maximum Gasteiger partial charge on any atom is 0.115 e. The molecule has 3 atom stereocenters. The number of ether oxygens (including phenoxy) is 1. The van der Waals surface area contributed by atoms with Crippen molar-refractivity contribution in [2.24, 2.45) is 5.41 Å². The summed E-state index contributed by atoms with van der Waals surface area (Å²) in [6.45, 7) is 8.25. The fourth-order valence-corrected chi connectivity index (χ4v) is 4.31. The minimum Gasteiger partial charge on any atom is -0.377 e. The summed E-state index contributed by atoms with van der Waals surface area (Å²) in [6.07, 6.45) is 6.64. The van der Waals surface area contributed by atoms with Crippen LogP contribution in [0.15, 0.2) is 0 Å². The van der Waals surface area contributed by atoms with Crippen LogP contribution >= 0.6 is 0 Å². The molecule has 0 aromatic rings. The Kier molecular flexibility index (Phi) is 3.41. The molecule has 3 fully saturated rings. The van der Waals surface area contributed by atoms with Crippen LogP contribution in [0.25, 0.3) is 0 Å². The maximum absolute atomic E-state index is 14.0. The average Bonchev–Trinajstić information content (AvgIpc) is 2.72. The smallest absolute Gasteiger partial charge is 0.115 e. The highest BCUT2D eigenvalue weighted by Gasteiger charge is 2.58. The zero-order chi connectivity index (χ0) is 13.7. The minimum atomic E-state index is -0.647. The minimum absolute atomic E-state index is 0.0695. The molecule has 0 aromatic carbocycles. The predicted molar refractivity (Wildman–Crippen MR) is 75.0 cm³/mol. The van der Waals surface area contributed by atoms with Crippen LogP contribution in [-0.2, 0) is 4.74 Å². The van der Waals surface area contributed by atoms with Gasteiger partial charge in [0.05, 0.1) is 12.7 Å². The molecule has 3 rings (SSSR count). The van der Waals surface area contributed by atoms with Gasteiger partial charge >= 0.3 is 0 Å². The molecule has 0 amide bonds. The van der Waals surface area contributed by atoms with Crippen LogP contribution in [0.4, 0.5) is 4.39 Å². The van der Waals surface area contributed by atoms with Gasteiger partial charge in [0.1, 0.15) is 6.17 Å². The molecule has 110 valence electrons. The van der Waals surface area contributed by atoms with Crippen molar-refractivity contribution in [3.63, 3.8) is 0 Å². The zero-order valence-electron chi connectivity index (χ0n) is 12.6. The second-order valence-electron chi connectivity index (χ2n) is 7.81. The van der Waals surface area contributed by atoms with E-state index < -0.39 is 6.17 Å². The lowest BCUT2D eigenvalue weighted by Crippen LogP contribution is -2.52. The molecule has 0 bridgehead atoms. The van der Waals surface area contributed by atoms with Gasteiger partial charge in [-0.1, -0.05) is 20.8 Å². The van der Waals surface area contributed by atoms with Crippen LogP contribution in [0.2, 0.25) is 0 Å². The third-order valence-corrected chi connectivity index (χ3v) is 5.81. The standard InChI is InChI=1S/C16H28FNO/c1-15(2,3)16-8-7-13(11-19-14-5-4-6-14)18(16)10-12(17)9-16/h12-14H,4-11H2,1-3H3. The van der Waals surface area contributed by atoms with Crippen LogP contribution in [0.5, 0.6) is 0 Å². The molecule has 0 aromatic heterocycles. The molecule has 1 aliphatic carbocycles. The van der Waals surface area contributed by atoms with Gasteiger partial charge in [0.15, 0.2) is 0 Å². The monoisotopic (exact) mass is 269 g/mol. The van der Waals surface area contributed by atoms with Crippen LogP contribution < -0.4 is 0 Å². The van der Waals surface area contributed by atoms with Gasteiger partial charge in [-0.25, -0.2) is 4.39 Å². The van der Waals surface area contributed by atoms with E-state index in [0.717, 1.165) is 19.4 Å².